The Morgan fingerprint density at radius 3 is 2.62 bits per heavy atom. The van der Waals surface area contributed by atoms with E-state index in [0.717, 1.165) is 0 Å². The van der Waals surface area contributed by atoms with E-state index in [9.17, 15) is 9.59 Å². The maximum absolute atomic E-state index is 13.4. The zero-order valence-electron chi connectivity index (χ0n) is 17.4. The summed E-state index contributed by atoms with van der Waals surface area (Å²) in [5, 5.41) is 2.91. The van der Waals surface area contributed by atoms with Gasteiger partial charge in [0, 0.05) is 11.8 Å². The topological polar surface area (TPSA) is 89.7 Å². The molecule has 0 aliphatic carbocycles. The number of aromatic nitrogens is 1. The Labute approximate surface area is 186 Å². The molecule has 0 radical (unpaired) electrons. The Bertz CT molecular complexity index is 1510. The second-order valence-electron chi connectivity index (χ2n) is 7.37. The van der Waals surface area contributed by atoms with Crippen LogP contribution in [0.4, 0.5) is 5.69 Å². The van der Waals surface area contributed by atoms with Gasteiger partial charge in [-0.15, -0.1) is 0 Å². The van der Waals surface area contributed by atoms with Crippen LogP contribution in [0.1, 0.15) is 30.2 Å². The number of nitrogens with one attached hydrogen (secondary N) is 1. The lowest BCUT2D eigenvalue weighted by Gasteiger charge is -2.23. The molecule has 3 aromatic heterocycles. The van der Waals surface area contributed by atoms with Crippen LogP contribution >= 0.6 is 11.3 Å². The predicted molar refractivity (Wildman–Crippen MR) is 121 cm³/mol. The number of allylic oxidation sites excluding steroid dienone is 1. The van der Waals surface area contributed by atoms with Gasteiger partial charge in [0.15, 0.2) is 4.80 Å². The van der Waals surface area contributed by atoms with Crippen molar-refractivity contribution in [2.24, 2.45) is 4.99 Å². The van der Waals surface area contributed by atoms with E-state index in [1.165, 1.54) is 15.9 Å². The van der Waals surface area contributed by atoms with E-state index in [1.54, 1.807) is 49.6 Å². The molecule has 0 fully saturated rings. The Hall–Kier alpha value is -3.91. The van der Waals surface area contributed by atoms with Crippen LogP contribution in [0.15, 0.2) is 90.8 Å². The first kappa shape index (κ1) is 20.0. The highest BCUT2D eigenvalue weighted by Crippen LogP contribution is 2.31. The van der Waals surface area contributed by atoms with Crippen molar-refractivity contribution >= 4 is 29.0 Å². The molecule has 1 N–H and O–H groups in total. The predicted octanol–water partition coefficient (Wildman–Crippen LogP) is 3.37. The summed E-state index contributed by atoms with van der Waals surface area (Å²) in [7, 11) is 0. The van der Waals surface area contributed by atoms with Gasteiger partial charge in [-0.1, -0.05) is 29.5 Å². The molecule has 1 aromatic carbocycles. The van der Waals surface area contributed by atoms with Gasteiger partial charge in [-0.05, 0) is 50.2 Å². The third-order valence-electron chi connectivity index (χ3n) is 5.15. The normalized spacial score (nSPS) is 16.1. The molecule has 4 aromatic rings. The summed E-state index contributed by atoms with van der Waals surface area (Å²) < 4.78 is 13.2. The van der Waals surface area contributed by atoms with Gasteiger partial charge in [-0.2, -0.15) is 0 Å². The Balaban J connectivity index is 1.68. The van der Waals surface area contributed by atoms with Crippen LogP contribution < -0.4 is 20.2 Å². The van der Waals surface area contributed by atoms with Crippen molar-refractivity contribution in [3.8, 4) is 0 Å². The first-order valence-electron chi connectivity index (χ1n) is 10.00. The van der Waals surface area contributed by atoms with Gasteiger partial charge < -0.3 is 14.2 Å². The molecular formula is C24H19N3O4S. The fraction of sp³-hybridized carbons (Fsp3) is 0.125. The molecule has 1 aliphatic rings. The van der Waals surface area contributed by atoms with Crippen molar-refractivity contribution in [2.75, 3.05) is 5.32 Å². The Morgan fingerprint density at radius 1 is 1.12 bits per heavy atom. The lowest BCUT2D eigenvalue weighted by molar-refractivity contribution is -0.113. The molecule has 8 heteroatoms. The second kappa shape index (κ2) is 7.97. The van der Waals surface area contributed by atoms with E-state index in [2.05, 4.69) is 10.3 Å². The second-order valence-corrected chi connectivity index (χ2v) is 8.37. The summed E-state index contributed by atoms with van der Waals surface area (Å²) in [6.45, 7) is 3.59. The SMILES string of the molecule is CC1=C(C(=O)Nc2ccccc2)[C@H](c2ccc(C)o2)n2c(s/c(=C/c3ccco3)c2=O)=N1. The van der Waals surface area contributed by atoms with E-state index < -0.39 is 6.04 Å². The Morgan fingerprint density at radius 2 is 1.94 bits per heavy atom. The number of carbonyl (C=O) groups is 1. The maximum atomic E-state index is 13.4. The van der Waals surface area contributed by atoms with Crippen LogP contribution in [0, 0.1) is 6.92 Å². The van der Waals surface area contributed by atoms with Crippen molar-refractivity contribution < 1.29 is 13.6 Å². The van der Waals surface area contributed by atoms with Gasteiger partial charge in [-0.25, -0.2) is 4.99 Å². The summed E-state index contributed by atoms with van der Waals surface area (Å²) in [6.07, 6.45) is 3.23. The van der Waals surface area contributed by atoms with Crippen LogP contribution in [0.5, 0.6) is 0 Å². The molecule has 0 saturated carbocycles. The zero-order valence-corrected chi connectivity index (χ0v) is 18.2. The molecule has 0 spiro atoms. The summed E-state index contributed by atoms with van der Waals surface area (Å²) in [6, 6.07) is 15.6. The van der Waals surface area contributed by atoms with Crippen LogP contribution in [0.3, 0.4) is 0 Å². The van der Waals surface area contributed by atoms with Gasteiger partial charge in [-0.3, -0.25) is 14.2 Å². The van der Waals surface area contributed by atoms with E-state index in [1.807, 2.05) is 31.2 Å². The van der Waals surface area contributed by atoms with Crippen LogP contribution in [0.2, 0.25) is 0 Å². The van der Waals surface area contributed by atoms with Crippen molar-refractivity contribution in [2.45, 2.75) is 19.9 Å². The number of benzene rings is 1. The number of rotatable bonds is 4. The number of furan rings is 2. The fourth-order valence-corrected chi connectivity index (χ4v) is 4.73. The molecule has 1 atom stereocenters. The van der Waals surface area contributed by atoms with Crippen LogP contribution in [0.25, 0.3) is 6.08 Å². The number of amides is 1. The number of aryl methyl sites for hydroxylation is 1. The van der Waals surface area contributed by atoms with Gasteiger partial charge in [0.25, 0.3) is 11.5 Å². The fourth-order valence-electron chi connectivity index (χ4n) is 3.70. The molecule has 0 saturated heterocycles. The smallest absolute Gasteiger partial charge is 0.271 e. The molecule has 4 heterocycles. The molecule has 32 heavy (non-hydrogen) atoms. The molecule has 5 rings (SSSR count). The monoisotopic (exact) mass is 445 g/mol. The molecule has 0 bridgehead atoms. The summed E-state index contributed by atoms with van der Waals surface area (Å²) >= 11 is 1.25. The van der Waals surface area contributed by atoms with E-state index in [-0.39, 0.29) is 11.5 Å². The minimum atomic E-state index is -0.734. The Kier molecular flexibility index (Phi) is 4.99. The summed E-state index contributed by atoms with van der Waals surface area (Å²) in [5.74, 6) is 1.42. The summed E-state index contributed by atoms with van der Waals surface area (Å²) in [5.41, 5.74) is 1.28. The first-order valence-corrected chi connectivity index (χ1v) is 10.8. The highest BCUT2D eigenvalue weighted by atomic mass is 32.1. The van der Waals surface area contributed by atoms with Crippen LogP contribution in [-0.4, -0.2) is 10.5 Å². The third kappa shape index (κ3) is 3.54. The van der Waals surface area contributed by atoms with E-state index in [4.69, 9.17) is 8.83 Å². The average Bonchev–Trinajstić information content (AvgIpc) is 3.50. The largest absolute Gasteiger partial charge is 0.465 e. The van der Waals surface area contributed by atoms with E-state index >= 15 is 0 Å². The number of thiazole rings is 1. The number of carbonyl (C=O) groups excluding carboxylic acids is 1. The van der Waals surface area contributed by atoms with Gasteiger partial charge in [0.1, 0.15) is 23.3 Å². The summed E-state index contributed by atoms with van der Waals surface area (Å²) in [4.78, 5) is 31.8. The number of para-hydroxylation sites is 1. The molecule has 1 amide bonds. The van der Waals surface area contributed by atoms with Gasteiger partial charge >= 0.3 is 0 Å². The number of nitrogens with zero attached hydrogens (tertiary/aromatic N) is 2. The maximum Gasteiger partial charge on any atom is 0.271 e. The number of hydrogen-bond donors (Lipinski definition) is 1. The number of anilines is 1. The highest BCUT2D eigenvalue weighted by molar-refractivity contribution is 7.07. The quantitative estimate of drug-likeness (QED) is 0.522. The van der Waals surface area contributed by atoms with Crippen molar-refractivity contribution in [1.82, 2.24) is 4.57 Å². The lowest BCUT2D eigenvalue weighted by Crippen LogP contribution is -2.40. The van der Waals surface area contributed by atoms with Crippen LogP contribution in [-0.2, 0) is 4.79 Å². The molecular weight excluding hydrogens is 426 g/mol. The van der Waals surface area contributed by atoms with Crippen molar-refractivity contribution in [3.63, 3.8) is 0 Å². The minimum absolute atomic E-state index is 0.262. The van der Waals surface area contributed by atoms with Crippen molar-refractivity contribution in [1.29, 1.82) is 0 Å². The standard InChI is InChI=1S/C24H19N3O4S/c1-14-10-11-18(31-14)21-20(22(28)26-16-7-4-3-5-8-16)15(2)25-24-27(21)23(29)19(32-24)13-17-9-6-12-30-17/h3-13,21H,1-2H3,(H,26,28)/b19-13+/t21-/m0/s1. The zero-order chi connectivity index (χ0) is 22.2. The van der Waals surface area contributed by atoms with Gasteiger partial charge in [0.2, 0.25) is 0 Å². The molecule has 160 valence electrons. The first-order chi connectivity index (χ1) is 15.5. The van der Waals surface area contributed by atoms with E-state index in [0.29, 0.717) is 43.6 Å². The number of hydrogen-bond acceptors (Lipinski definition) is 6. The lowest BCUT2D eigenvalue weighted by atomic mass is 10.00. The molecule has 1 aliphatic heterocycles. The highest BCUT2D eigenvalue weighted by Gasteiger charge is 2.34. The third-order valence-corrected chi connectivity index (χ3v) is 6.13. The minimum Gasteiger partial charge on any atom is -0.465 e. The molecule has 7 nitrogen and oxygen atoms in total. The number of fused-ring (bicyclic) bond motifs is 1. The average molecular weight is 446 g/mol. The van der Waals surface area contributed by atoms with Crippen molar-refractivity contribution in [3.05, 3.63) is 109 Å². The van der Waals surface area contributed by atoms with Gasteiger partial charge in [0.05, 0.1) is 22.1 Å². The molecule has 0 unspecified atom stereocenters.